The Balaban J connectivity index is 1.34. The van der Waals surface area contributed by atoms with Gasteiger partial charge in [-0.25, -0.2) is 12.7 Å². The minimum Gasteiger partial charge on any atom is -0.316 e. The highest BCUT2D eigenvalue weighted by Crippen LogP contribution is 2.40. The van der Waals surface area contributed by atoms with E-state index in [0.29, 0.717) is 31.0 Å². The van der Waals surface area contributed by atoms with Gasteiger partial charge in [0.2, 0.25) is 10.0 Å². The molecule has 5 rings (SSSR count). The zero-order chi connectivity index (χ0) is 23.4. The van der Waals surface area contributed by atoms with Crippen LogP contribution in [0.4, 0.5) is 13.2 Å². The lowest BCUT2D eigenvalue weighted by molar-refractivity contribution is -0.137. The quantitative estimate of drug-likeness (QED) is 0.645. The van der Waals surface area contributed by atoms with Gasteiger partial charge < -0.3 is 5.32 Å². The van der Waals surface area contributed by atoms with E-state index < -0.39 is 21.8 Å². The molecule has 4 nitrogen and oxygen atoms in total. The lowest BCUT2D eigenvalue weighted by Crippen LogP contribution is -2.49. The van der Waals surface area contributed by atoms with Gasteiger partial charge in [0.25, 0.3) is 0 Å². The van der Waals surface area contributed by atoms with Crippen molar-refractivity contribution in [3.05, 3.63) is 70.3 Å². The van der Waals surface area contributed by atoms with Gasteiger partial charge in [-0.1, -0.05) is 36.4 Å². The van der Waals surface area contributed by atoms with Gasteiger partial charge in [-0.05, 0) is 67.0 Å². The van der Waals surface area contributed by atoms with Crippen molar-refractivity contribution < 1.29 is 21.6 Å². The van der Waals surface area contributed by atoms with Crippen LogP contribution in [0.3, 0.4) is 0 Å². The normalized spacial score (nSPS) is 24.0. The van der Waals surface area contributed by atoms with E-state index in [1.807, 2.05) is 7.05 Å². The van der Waals surface area contributed by atoms with Crippen LogP contribution in [0.25, 0.3) is 0 Å². The number of alkyl halides is 3. The minimum atomic E-state index is -4.35. The average Bonchev–Trinajstić information content (AvgIpc) is 3.45. The first kappa shape index (κ1) is 22.9. The Kier molecular flexibility index (Phi) is 5.82. The molecule has 0 bridgehead atoms. The van der Waals surface area contributed by atoms with Crippen molar-refractivity contribution in [1.29, 1.82) is 0 Å². The van der Waals surface area contributed by atoms with Crippen LogP contribution in [0.1, 0.15) is 52.5 Å². The third-order valence-electron chi connectivity index (χ3n) is 7.43. The Morgan fingerprint density at radius 2 is 1.85 bits per heavy atom. The molecule has 2 atom stereocenters. The Morgan fingerprint density at radius 3 is 2.52 bits per heavy atom. The van der Waals surface area contributed by atoms with E-state index in [1.54, 1.807) is 10.4 Å². The SMILES string of the molecule is CNC1Cc2ccc(C3CN(S(=O)(=O)CC4CC4)C3)cc2C1Cc1cccc(C(F)(F)F)c1. The van der Waals surface area contributed by atoms with Gasteiger partial charge in [0.05, 0.1) is 11.3 Å². The molecule has 178 valence electrons. The topological polar surface area (TPSA) is 49.4 Å². The van der Waals surface area contributed by atoms with Gasteiger partial charge in [-0.15, -0.1) is 0 Å². The summed E-state index contributed by atoms with van der Waals surface area (Å²) in [5, 5.41) is 3.34. The molecule has 33 heavy (non-hydrogen) atoms. The number of halogens is 3. The molecule has 1 heterocycles. The molecule has 1 aliphatic heterocycles. The van der Waals surface area contributed by atoms with Gasteiger partial charge in [-0.2, -0.15) is 13.2 Å². The summed E-state index contributed by atoms with van der Waals surface area (Å²) < 4.78 is 66.1. The molecule has 2 aromatic carbocycles. The third kappa shape index (κ3) is 4.70. The number of nitrogens with one attached hydrogen (secondary N) is 1. The molecule has 3 aliphatic rings. The second-order valence-electron chi connectivity index (χ2n) is 9.80. The summed E-state index contributed by atoms with van der Waals surface area (Å²) in [5.74, 6) is 0.853. The van der Waals surface area contributed by atoms with E-state index in [2.05, 4.69) is 23.5 Å². The maximum absolute atomic E-state index is 13.2. The van der Waals surface area contributed by atoms with Crippen molar-refractivity contribution in [2.75, 3.05) is 25.9 Å². The van der Waals surface area contributed by atoms with Crippen molar-refractivity contribution in [1.82, 2.24) is 9.62 Å². The second kappa shape index (κ2) is 8.40. The van der Waals surface area contributed by atoms with Crippen molar-refractivity contribution in [3.8, 4) is 0 Å². The van der Waals surface area contributed by atoms with E-state index in [4.69, 9.17) is 0 Å². The highest BCUT2D eigenvalue weighted by atomic mass is 32.2. The van der Waals surface area contributed by atoms with E-state index in [-0.39, 0.29) is 23.6 Å². The first-order valence-corrected chi connectivity index (χ1v) is 13.2. The second-order valence-corrected chi connectivity index (χ2v) is 11.8. The number of sulfonamides is 1. The van der Waals surface area contributed by atoms with Gasteiger partial charge >= 0.3 is 6.18 Å². The number of rotatable bonds is 7. The summed E-state index contributed by atoms with van der Waals surface area (Å²) >= 11 is 0. The maximum Gasteiger partial charge on any atom is 0.416 e. The van der Waals surface area contributed by atoms with Crippen LogP contribution in [0.2, 0.25) is 0 Å². The molecule has 0 aromatic heterocycles. The standard InChI is InChI=1S/C25H29F3N2O2S/c1-29-24-12-19-8-7-18(20-13-30(14-20)33(31,32)15-16-5-6-16)11-22(19)23(24)10-17-3-2-4-21(9-17)25(26,27)28/h2-4,7-9,11,16,20,23-24,29H,5-6,10,12-15H2,1H3. The lowest BCUT2D eigenvalue weighted by atomic mass is 9.86. The van der Waals surface area contributed by atoms with E-state index in [9.17, 15) is 21.6 Å². The number of hydrogen-bond acceptors (Lipinski definition) is 3. The highest BCUT2D eigenvalue weighted by Gasteiger charge is 2.40. The number of hydrogen-bond donors (Lipinski definition) is 1. The molecule has 2 fully saturated rings. The van der Waals surface area contributed by atoms with Gasteiger partial charge in [0, 0.05) is 31.0 Å². The molecule has 1 saturated carbocycles. The van der Waals surface area contributed by atoms with E-state index in [1.165, 1.54) is 23.3 Å². The van der Waals surface area contributed by atoms with Crippen LogP contribution in [0.5, 0.6) is 0 Å². The Labute approximate surface area is 193 Å². The molecule has 0 radical (unpaired) electrons. The molecule has 1 saturated heterocycles. The van der Waals surface area contributed by atoms with Gasteiger partial charge in [0.15, 0.2) is 0 Å². The van der Waals surface area contributed by atoms with Gasteiger partial charge in [-0.3, -0.25) is 0 Å². The summed E-state index contributed by atoms with van der Waals surface area (Å²) in [6.45, 7) is 1.03. The largest absolute Gasteiger partial charge is 0.416 e. The van der Waals surface area contributed by atoms with E-state index >= 15 is 0 Å². The zero-order valence-electron chi connectivity index (χ0n) is 18.6. The monoisotopic (exact) mass is 478 g/mol. The Morgan fingerprint density at radius 1 is 1.09 bits per heavy atom. The fraction of sp³-hybridized carbons (Fsp3) is 0.520. The molecular formula is C25H29F3N2O2S. The summed E-state index contributed by atoms with van der Waals surface area (Å²) in [5.41, 5.74) is 3.57. The van der Waals surface area contributed by atoms with Crippen LogP contribution in [0.15, 0.2) is 42.5 Å². The number of nitrogens with zero attached hydrogens (tertiary/aromatic N) is 1. The zero-order valence-corrected chi connectivity index (χ0v) is 19.4. The molecule has 0 amide bonds. The molecule has 0 spiro atoms. The van der Waals surface area contributed by atoms with Crippen molar-refractivity contribution in [2.24, 2.45) is 5.92 Å². The molecule has 2 aromatic rings. The predicted molar refractivity (Wildman–Crippen MR) is 122 cm³/mol. The highest BCUT2D eigenvalue weighted by molar-refractivity contribution is 7.89. The average molecular weight is 479 g/mol. The number of benzene rings is 2. The first-order chi connectivity index (χ1) is 15.6. The number of likely N-dealkylation sites (N-methyl/N-ethyl adjacent to an activating group) is 1. The van der Waals surface area contributed by atoms with Crippen LogP contribution in [-0.2, 0) is 29.0 Å². The van der Waals surface area contributed by atoms with Crippen molar-refractivity contribution in [3.63, 3.8) is 0 Å². The predicted octanol–water partition coefficient (Wildman–Crippen LogP) is 4.31. The fourth-order valence-electron chi connectivity index (χ4n) is 5.24. The summed E-state index contributed by atoms with van der Waals surface area (Å²) in [4.78, 5) is 0. The Hall–Kier alpha value is -1.90. The molecule has 2 aliphatic carbocycles. The maximum atomic E-state index is 13.2. The van der Waals surface area contributed by atoms with Crippen LogP contribution in [0, 0.1) is 5.92 Å². The van der Waals surface area contributed by atoms with Gasteiger partial charge in [0.1, 0.15) is 0 Å². The first-order valence-electron chi connectivity index (χ1n) is 11.6. The van der Waals surface area contributed by atoms with Crippen molar-refractivity contribution >= 4 is 10.0 Å². The summed E-state index contributed by atoms with van der Waals surface area (Å²) in [6, 6.07) is 12.1. The smallest absolute Gasteiger partial charge is 0.316 e. The van der Waals surface area contributed by atoms with E-state index in [0.717, 1.165) is 30.9 Å². The third-order valence-corrected chi connectivity index (χ3v) is 9.41. The molecule has 1 N–H and O–H groups in total. The van der Waals surface area contributed by atoms with Crippen LogP contribution >= 0.6 is 0 Å². The molecule has 8 heteroatoms. The molecular weight excluding hydrogens is 449 g/mol. The van der Waals surface area contributed by atoms with Crippen LogP contribution < -0.4 is 5.32 Å². The van der Waals surface area contributed by atoms with Crippen LogP contribution in [-0.4, -0.2) is 44.7 Å². The lowest BCUT2D eigenvalue weighted by Gasteiger charge is -2.38. The van der Waals surface area contributed by atoms with Crippen molar-refractivity contribution in [2.45, 2.75) is 49.7 Å². The summed E-state index contributed by atoms with van der Waals surface area (Å²) in [6.07, 6.45) is -0.960. The minimum absolute atomic E-state index is 0.0724. The molecule has 2 unspecified atom stereocenters. The summed E-state index contributed by atoms with van der Waals surface area (Å²) in [7, 11) is -1.27. The number of fused-ring (bicyclic) bond motifs is 1. The Bertz CT molecular complexity index is 1140. The fourth-order valence-corrected chi connectivity index (χ4v) is 7.20.